The highest BCUT2D eigenvalue weighted by Gasteiger charge is 2.26. The van der Waals surface area contributed by atoms with Crippen molar-refractivity contribution in [2.45, 2.75) is 44.9 Å². The van der Waals surface area contributed by atoms with Crippen LogP contribution in [0.3, 0.4) is 0 Å². The molecule has 1 fully saturated rings. The standard InChI is InChI=1S/C34H34F2N2O4/c1-21-8-3-15-28(36)31(21)33(39)37-29(34(40)41)18-22-9-4-13-26-25(22)12-6-14-27(26)32-23(10-5-16-30(32)42-2)19-38-17-7-11-24(35)20-38/h3-6,8-10,12-16,24,29H,7,11,17-20H2,1-2H3,(H,37,39)(H,40,41)/t24?,29-/m0/s1. The number of aryl methyl sites for hydroxylation is 1. The number of carboxylic acid groups (broad SMARTS) is 1. The molecule has 5 rings (SSSR count). The maximum atomic E-state index is 14.4. The Labute approximate surface area is 243 Å². The quantitative estimate of drug-likeness (QED) is 0.245. The van der Waals surface area contributed by atoms with Crippen molar-refractivity contribution < 1.29 is 28.2 Å². The maximum Gasteiger partial charge on any atom is 0.326 e. The zero-order valence-corrected chi connectivity index (χ0v) is 23.7. The van der Waals surface area contributed by atoms with Crippen molar-refractivity contribution in [2.75, 3.05) is 20.2 Å². The number of benzene rings is 4. The minimum Gasteiger partial charge on any atom is -0.496 e. The first-order chi connectivity index (χ1) is 20.3. The van der Waals surface area contributed by atoms with E-state index >= 15 is 0 Å². The molecule has 2 N–H and O–H groups in total. The molecule has 1 heterocycles. The number of nitrogens with one attached hydrogen (secondary N) is 1. The van der Waals surface area contributed by atoms with E-state index in [0.717, 1.165) is 46.0 Å². The van der Waals surface area contributed by atoms with E-state index in [4.69, 9.17) is 4.74 Å². The van der Waals surface area contributed by atoms with E-state index in [-0.39, 0.29) is 12.0 Å². The third-order valence-electron chi connectivity index (χ3n) is 7.93. The lowest BCUT2D eigenvalue weighted by atomic mass is 9.90. The molecule has 0 aliphatic carbocycles. The summed E-state index contributed by atoms with van der Waals surface area (Å²) < 4.78 is 34.4. The first-order valence-electron chi connectivity index (χ1n) is 14.1. The largest absolute Gasteiger partial charge is 0.496 e. The number of fused-ring (bicyclic) bond motifs is 1. The van der Waals surface area contributed by atoms with Crippen molar-refractivity contribution in [3.63, 3.8) is 0 Å². The molecule has 218 valence electrons. The van der Waals surface area contributed by atoms with Crippen LogP contribution in [0.2, 0.25) is 0 Å². The van der Waals surface area contributed by atoms with Crippen LogP contribution in [0.5, 0.6) is 5.75 Å². The number of alkyl halides is 1. The summed E-state index contributed by atoms with van der Waals surface area (Å²) in [4.78, 5) is 27.3. The Morgan fingerprint density at radius 3 is 2.48 bits per heavy atom. The van der Waals surface area contributed by atoms with Gasteiger partial charge in [-0.2, -0.15) is 0 Å². The Morgan fingerprint density at radius 2 is 1.74 bits per heavy atom. The Balaban J connectivity index is 1.51. The molecule has 2 atom stereocenters. The third-order valence-corrected chi connectivity index (χ3v) is 7.93. The van der Waals surface area contributed by atoms with Crippen LogP contribution in [-0.4, -0.2) is 54.3 Å². The third kappa shape index (κ3) is 6.14. The number of hydrogen-bond acceptors (Lipinski definition) is 4. The van der Waals surface area contributed by atoms with Crippen molar-refractivity contribution in [3.8, 4) is 16.9 Å². The van der Waals surface area contributed by atoms with Gasteiger partial charge in [-0.3, -0.25) is 9.69 Å². The molecule has 1 amide bonds. The van der Waals surface area contributed by atoms with Crippen LogP contribution in [0.4, 0.5) is 8.78 Å². The van der Waals surface area contributed by atoms with E-state index in [2.05, 4.69) is 10.2 Å². The molecule has 0 radical (unpaired) electrons. The predicted octanol–water partition coefficient (Wildman–Crippen LogP) is 6.32. The van der Waals surface area contributed by atoms with Gasteiger partial charge in [0, 0.05) is 25.1 Å². The van der Waals surface area contributed by atoms with Gasteiger partial charge in [0.05, 0.1) is 12.7 Å². The van der Waals surface area contributed by atoms with Crippen molar-refractivity contribution in [2.24, 2.45) is 0 Å². The number of carbonyl (C=O) groups excluding carboxylic acids is 1. The summed E-state index contributed by atoms with van der Waals surface area (Å²) in [6.45, 7) is 3.40. The normalized spacial score (nSPS) is 16.2. The average Bonchev–Trinajstić information content (AvgIpc) is 2.96. The summed E-state index contributed by atoms with van der Waals surface area (Å²) in [5.41, 5.74) is 3.80. The lowest BCUT2D eigenvalue weighted by molar-refractivity contribution is -0.139. The second-order valence-corrected chi connectivity index (χ2v) is 10.8. The zero-order chi connectivity index (χ0) is 29.8. The van der Waals surface area contributed by atoms with Gasteiger partial charge in [-0.1, -0.05) is 60.7 Å². The monoisotopic (exact) mass is 572 g/mol. The molecular formula is C34H34F2N2O4. The second kappa shape index (κ2) is 12.7. The maximum absolute atomic E-state index is 14.4. The number of nitrogens with zero attached hydrogens (tertiary/aromatic N) is 1. The van der Waals surface area contributed by atoms with Gasteiger partial charge < -0.3 is 15.2 Å². The molecule has 0 spiro atoms. The lowest BCUT2D eigenvalue weighted by Crippen LogP contribution is -2.42. The Hall–Kier alpha value is -4.30. The number of amides is 1. The van der Waals surface area contributed by atoms with Gasteiger partial charge in [-0.15, -0.1) is 0 Å². The first kappa shape index (κ1) is 29.2. The summed E-state index contributed by atoms with van der Waals surface area (Å²) in [7, 11) is 1.62. The number of hydrogen-bond donors (Lipinski definition) is 2. The van der Waals surface area contributed by atoms with Gasteiger partial charge in [0.25, 0.3) is 5.91 Å². The van der Waals surface area contributed by atoms with E-state index in [1.54, 1.807) is 20.1 Å². The first-order valence-corrected chi connectivity index (χ1v) is 14.1. The SMILES string of the molecule is COc1cccc(CN2CCCC(F)C2)c1-c1cccc2c(C[C@H](NC(=O)c3c(C)cccc3F)C(=O)O)cccc12. The van der Waals surface area contributed by atoms with Gasteiger partial charge in [-0.25, -0.2) is 13.6 Å². The Morgan fingerprint density at radius 1 is 1.02 bits per heavy atom. The smallest absolute Gasteiger partial charge is 0.326 e. The molecule has 1 aliphatic heterocycles. The Bertz CT molecular complexity index is 1600. The number of carboxylic acids is 1. The zero-order valence-electron chi connectivity index (χ0n) is 23.7. The summed E-state index contributed by atoms with van der Waals surface area (Å²) in [6, 6.07) is 20.4. The molecule has 6 nitrogen and oxygen atoms in total. The Kier molecular flexibility index (Phi) is 8.83. The number of methoxy groups -OCH3 is 1. The molecule has 42 heavy (non-hydrogen) atoms. The molecular weight excluding hydrogens is 538 g/mol. The van der Waals surface area contributed by atoms with E-state index in [1.807, 2.05) is 54.6 Å². The van der Waals surface area contributed by atoms with Crippen molar-refractivity contribution >= 4 is 22.6 Å². The van der Waals surface area contributed by atoms with Crippen molar-refractivity contribution in [1.82, 2.24) is 10.2 Å². The van der Waals surface area contributed by atoms with Crippen LogP contribution in [0.15, 0.2) is 72.8 Å². The fraction of sp³-hybridized carbons (Fsp3) is 0.294. The van der Waals surface area contributed by atoms with Gasteiger partial charge in [0.15, 0.2) is 0 Å². The lowest BCUT2D eigenvalue weighted by Gasteiger charge is -2.30. The highest BCUT2D eigenvalue weighted by molar-refractivity contribution is 6.01. The number of piperidine rings is 1. The fourth-order valence-corrected chi connectivity index (χ4v) is 5.91. The van der Waals surface area contributed by atoms with E-state index in [9.17, 15) is 23.5 Å². The molecule has 4 aromatic rings. The van der Waals surface area contributed by atoms with E-state index in [1.165, 1.54) is 12.1 Å². The minimum atomic E-state index is -1.28. The highest BCUT2D eigenvalue weighted by atomic mass is 19.1. The number of carbonyl (C=O) groups is 2. The number of halogens is 2. The number of likely N-dealkylation sites (tertiary alicyclic amines) is 1. The number of ether oxygens (including phenoxy) is 1. The number of rotatable bonds is 9. The molecule has 0 bridgehead atoms. The van der Waals surface area contributed by atoms with Crippen LogP contribution in [0.25, 0.3) is 21.9 Å². The molecule has 1 aliphatic rings. The van der Waals surface area contributed by atoms with Crippen LogP contribution >= 0.6 is 0 Å². The van der Waals surface area contributed by atoms with Crippen molar-refractivity contribution in [3.05, 3.63) is 101 Å². The molecule has 0 saturated carbocycles. The summed E-state index contributed by atoms with van der Waals surface area (Å²) in [5, 5.41) is 14.2. The van der Waals surface area contributed by atoms with Crippen LogP contribution in [0.1, 0.15) is 39.9 Å². The van der Waals surface area contributed by atoms with Crippen LogP contribution in [0, 0.1) is 12.7 Å². The molecule has 1 unspecified atom stereocenters. The van der Waals surface area contributed by atoms with Crippen molar-refractivity contribution in [1.29, 1.82) is 0 Å². The van der Waals surface area contributed by atoms with Gasteiger partial charge in [-0.05, 0) is 71.5 Å². The van der Waals surface area contributed by atoms with Gasteiger partial charge in [0.2, 0.25) is 0 Å². The van der Waals surface area contributed by atoms with Crippen LogP contribution < -0.4 is 10.1 Å². The summed E-state index contributed by atoms with van der Waals surface area (Å²) in [6.07, 6.45) is 0.568. The molecule has 8 heteroatoms. The molecule has 1 saturated heterocycles. The van der Waals surface area contributed by atoms with E-state index in [0.29, 0.717) is 30.8 Å². The summed E-state index contributed by atoms with van der Waals surface area (Å²) in [5.74, 6) is -2.00. The summed E-state index contributed by atoms with van der Waals surface area (Å²) >= 11 is 0. The topological polar surface area (TPSA) is 78.9 Å². The predicted molar refractivity (Wildman–Crippen MR) is 159 cm³/mol. The molecule has 0 aromatic heterocycles. The van der Waals surface area contributed by atoms with Gasteiger partial charge >= 0.3 is 5.97 Å². The molecule has 4 aromatic carbocycles. The average molecular weight is 573 g/mol. The second-order valence-electron chi connectivity index (χ2n) is 10.8. The highest BCUT2D eigenvalue weighted by Crippen LogP contribution is 2.39. The fourth-order valence-electron chi connectivity index (χ4n) is 5.91. The van der Waals surface area contributed by atoms with Gasteiger partial charge in [0.1, 0.15) is 23.8 Å². The van der Waals surface area contributed by atoms with Crippen LogP contribution in [-0.2, 0) is 17.8 Å². The number of aliphatic carboxylic acids is 1. The van der Waals surface area contributed by atoms with E-state index < -0.39 is 29.9 Å². The minimum absolute atomic E-state index is 0.000184.